The number of hydrogen-bond acceptors (Lipinski definition) is 6. The Balaban J connectivity index is 1.21. The standard InChI is InChI=1S/C28H26N2O5/c1-33-23-11-12-24-25(17-23)34-19-26(27(24)31)35-22-9-7-21(8-10-22)28(32)30-15-13-29(14-16-30)18-20-5-3-2-4-6-20/h2-12,17,19H,13-16,18H2,1H3. The molecule has 7 nitrogen and oxygen atoms in total. The Kier molecular flexibility index (Phi) is 6.50. The van der Waals surface area contributed by atoms with Crippen LogP contribution in [0.25, 0.3) is 11.0 Å². The summed E-state index contributed by atoms with van der Waals surface area (Å²) < 4.78 is 16.5. The predicted octanol–water partition coefficient (Wildman–Crippen LogP) is 4.55. The fourth-order valence-electron chi connectivity index (χ4n) is 4.21. The summed E-state index contributed by atoms with van der Waals surface area (Å²) >= 11 is 0. The van der Waals surface area contributed by atoms with Crippen molar-refractivity contribution in [1.29, 1.82) is 0 Å². The molecule has 178 valence electrons. The van der Waals surface area contributed by atoms with Crippen molar-refractivity contribution >= 4 is 16.9 Å². The molecule has 35 heavy (non-hydrogen) atoms. The van der Waals surface area contributed by atoms with Gasteiger partial charge in [-0.15, -0.1) is 0 Å². The summed E-state index contributed by atoms with van der Waals surface area (Å²) in [6, 6.07) is 22.2. The molecule has 0 spiro atoms. The van der Waals surface area contributed by atoms with E-state index in [1.807, 2.05) is 23.1 Å². The van der Waals surface area contributed by atoms with Crippen LogP contribution in [0.1, 0.15) is 15.9 Å². The summed E-state index contributed by atoms with van der Waals surface area (Å²) in [5.41, 5.74) is 2.02. The van der Waals surface area contributed by atoms with Crippen molar-refractivity contribution < 1.29 is 18.7 Å². The minimum atomic E-state index is -0.276. The third kappa shape index (κ3) is 5.05. The number of benzene rings is 3. The second-order valence-corrected chi connectivity index (χ2v) is 8.47. The van der Waals surface area contributed by atoms with Gasteiger partial charge in [-0.25, -0.2) is 0 Å². The molecule has 7 heteroatoms. The first kappa shape index (κ1) is 22.7. The third-order valence-electron chi connectivity index (χ3n) is 6.19. The molecule has 0 aliphatic carbocycles. The van der Waals surface area contributed by atoms with E-state index in [1.54, 1.807) is 49.6 Å². The van der Waals surface area contributed by atoms with Crippen LogP contribution in [-0.4, -0.2) is 49.0 Å². The molecule has 1 aliphatic heterocycles. The Morgan fingerprint density at radius 3 is 2.34 bits per heavy atom. The number of carbonyl (C=O) groups is 1. The van der Waals surface area contributed by atoms with E-state index < -0.39 is 0 Å². The van der Waals surface area contributed by atoms with Crippen molar-refractivity contribution in [1.82, 2.24) is 9.80 Å². The summed E-state index contributed by atoms with van der Waals surface area (Å²) in [6.07, 6.45) is 1.29. The van der Waals surface area contributed by atoms with Gasteiger partial charge in [0.05, 0.1) is 12.5 Å². The van der Waals surface area contributed by atoms with E-state index in [1.165, 1.54) is 11.8 Å². The van der Waals surface area contributed by atoms with Gasteiger partial charge in [0.2, 0.25) is 11.2 Å². The molecular formula is C28H26N2O5. The molecule has 0 bridgehead atoms. The van der Waals surface area contributed by atoms with Gasteiger partial charge in [-0.3, -0.25) is 14.5 Å². The molecule has 0 atom stereocenters. The van der Waals surface area contributed by atoms with E-state index in [2.05, 4.69) is 17.0 Å². The molecule has 5 rings (SSSR count). The fraction of sp³-hybridized carbons (Fsp3) is 0.214. The van der Waals surface area contributed by atoms with Crippen LogP contribution in [0.2, 0.25) is 0 Å². The number of piperazine rings is 1. The Hall–Kier alpha value is -4.10. The molecule has 0 radical (unpaired) electrons. The van der Waals surface area contributed by atoms with Crippen LogP contribution in [0.4, 0.5) is 0 Å². The monoisotopic (exact) mass is 470 g/mol. The molecular weight excluding hydrogens is 444 g/mol. The minimum Gasteiger partial charge on any atom is -0.497 e. The summed E-state index contributed by atoms with van der Waals surface area (Å²) in [6.45, 7) is 3.95. The highest BCUT2D eigenvalue weighted by Crippen LogP contribution is 2.24. The summed E-state index contributed by atoms with van der Waals surface area (Å²) in [4.78, 5) is 30.0. The van der Waals surface area contributed by atoms with Crippen LogP contribution >= 0.6 is 0 Å². The van der Waals surface area contributed by atoms with Gasteiger partial charge < -0.3 is 18.8 Å². The molecule has 1 fully saturated rings. The average molecular weight is 471 g/mol. The van der Waals surface area contributed by atoms with Crippen molar-refractivity contribution in [2.45, 2.75) is 6.54 Å². The van der Waals surface area contributed by atoms with Crippen LogP contribution in [-0.2, 0) is 6.54 Å². The largest absolute Gasteiger partial charge is 0.497 e. The van der Waals surface area contributed by atoms with Crippen molar-refractivity contribution in [2.75, 3.05) is 33.3 Å². The van der Waals surface area contributed by atoms with Gasteiger partial charge in [-0.1, -0.05) is 30.3 Å². The zero-order valence-corrected chi connectivity index (χ0v) is 19.5. The Morgan fingerprint density at radius 1 is 0.914 bits per heavy atom. The van der Waals surface area contributed by atoms with E-state index in [0.717, 1.165) is 19.6 Å². The Bertz CT molecular complexity index is 1370. The highest BCUT2D eigenvalue weighted by Gasteiger charge is 2.22. The van der Waals surface area contributed by atoms with Crippen molar-refractivity contribution in [3.8, 4) is 17.2 Å². The van der Waals surface area contributed by atoms with Crippen LogP contribution in [0.3, 0.4) is 0 Å². The quantitative estimate of drug-likeness (QED) is 0.412. The number of methoxy groups -OCH3 is 1. The maximum absolute atomic E-state index is 13.0. The molecule has 1 saturated heterocycles. The molecule has 0 saturated carbocycles. The highest BCUT2D eigenvalue weighted by atomic mass is 16.5. The van der Waals surface area contributed by atoms with Crippen molar-refractivity contribution in [2.24, 2.45) is 0 Å². The van der Waals surface area contributed by atoms with Gasteiger partial charge in [0.1, 0.15) is 23.3 Å². The number of amides is 1. The predicted molar refractivity (Wildman–Crippen MR) is 133 cm³/mol. The highest BCUT2D eigenvalue weighted by molar-refractivity contribution is 5.94. The van der Waals surface area contributed by atoms with Crippen LogP contribution < -0.4 is 14.9 Å². The molecule has 1 amide bonds. The summed E-state index contributed by atoms with van der Waals surface area (Å²) in [7, 11) is 1.55. The van der Waals surface area contributed by atoms with Crippen LogP contribution in [0.15, 0.2) is 88.3 Å². The first-order valence-electron chi connectivity index (χ1n) is 11.5. The van der Waals surface area contributed by atoms with Crippen molar-refractivity contribution in [3.63, 3.8) is 0 Å². The first-order chi connectivity index (χ1) is 17.1. The lowest BCUT2D eigenvalue weighted by atomic mass is 10.1. The van der Waals surface area contributed by atoms with E-state index in [4.69, 9.17) is 13.9 Å². The zero-order valence-electron chi connectivity index (χ0n) is 19.5. The third-order valence-corrected chi connectivity index (χ3v) is 6.19. The SMILES string of the molecule is COc1ccc2c(=O)c(Oc3ccc(C(=O)N4CCN(Cc5ccccc5)CC4)cc3)coc2c1. The van der Waals surface area contributed by atoms with Crippen LogP contribution in [0.5, 0.6) is 17.2 Å². The van der Waals surface area contributed by atoms with E-state index in [-0.39, 0.29) is 17.1 Å². The average Bonchev–Trinajstić information content (AvgIpc) is 2.91. The maximum Gasteiger partial charge on any atom is 0.253 e. The van der Waals surface area contributed by atoms with Gasteiger partial charge >= 0.3 is 0 Å². The molecule has 1 aliphatic rings. The van der Waals surface area contributed by atoms with Gasteiger partial charge in [-0.05, 0) is 42.0 Å². The topological polar surface area (TPSA) is 72.2 Å². The second-order valence-electron chi connectivity index (χ2n) is 8.47. The lowest BCUT2D eigenvalue weighted by molar-refractivity contribution is 0.0628. The molecule has 2 heterocycles. The van der Waals surface area contributed by atoms with Gasteiger partial charge in [0, 0.05) is 44.4 Å². The normalized spacial score (nSPS) is 14.1. The van der Waals surface area contributed by atoms with Crippen LogP contribution in [0, 0.1) is 0 Å². The van der Waals surface area contributed by atoms with Crippen molar-refractivity contribution in [3.05, 3.63) is 100 Å². The van der Waals surface area contributed by atoms with E-state index in [0.29, 0.717) is 41.1 Å². The fourth-order valence-corrected chi connectivity index (χ4v) is 4.21. The van der Waals surface area contributed by atoms with Gasteiger partial charge in [-0.2, -0.15) is 0 Å². The van der Waals surface area contributed by atoms with Gasteiger partial charge in [0.15, 0.2) is 0 Å². The number of carbonyl (C=O) groups excluding carboxylic acids is 1. The maximum atomic E-state index is 13.0. The van der Waals surface area contributed by atoms with E-state index >= 15 is 0 Å². The summed E-state index contributed by atoms with van der Waals surface area (Å²) in [5.74, 6) is 1.13. The number of hydrogen-bond donors (Lipinski definition) is 0. The zero-order chi connectivity index (χ0) is 24.2. The molecule has 3 aromatic carbocycles. The number of rotatable bonds is 6. The molecule has 1 aromatic heterocycles. The molecule has 4 aromatic rings. The lowest BCUT2D eigenvalue weighted by Gasteiger charge is -2.34. The minimum absolute atomic E-state index is 0.00456. The second kappa shape index (κ2) is 10.0. The first-order valence-corrected chi connectivity index (χ1v) is 11.5. The molecule has 0 unspecified atom stereocenters. The smallest absolute Gasteiger partial charge is 0.253 e. The Morgan fingerprint density at radius 2 is 1.63 bits per heavy atom. The number of nitrogens with zero attached hydrogens (tertiary/aromatic N) is 2. The van der Waals surface area contributed by atoms with E-state index in [9.17, 15) is 9.59 Å². The number of fused-ring (bicyclic) bond motifs is 1. The lowest BCUT2D eigenvalue weighted by Crippen LogP contribution is -2.48. The number of ether oxygens (including phenoxy) is 2. The Labute approximate surface area is 203 Å². The molecule has 0 N–H and O–H groups in total. The van der Waals surface area contributed by atoms with Gasteiger partial charge in [0.25, 0.3) is 5.91 Å². The summed E-state index contributed by atoms with van der Waals surface area (Å²) in [5, 5.41) is 0.404.